The van der Waals surface area contributed by atoms with Crippen LogP contribution in [0.25, 0.3) is 0 Å². The molecule has 0 saturated carbocycles. The van der Waals surface area contributed by atoms with Crippen LogP contribution in [0.4, 0.5) is 0 Å². The van der Waals surface area contributed by atoms with E-state index >= 15 is 0 Å². The average Bonchev–Trinajstić information content (AvgIpc) is 2.64. The van der Waals surface area contributed by atoms with Crippen molar-refractivity contribution in [3.05, 3.63) is 65.2 Å². The number of nitrogens with one attached hydrogen (secondary N) is 1. The van der Waals surface area contributed by atoms with Crippen molar-refractivity contribution in [1.82, 2.24) is 10.2 Å². The molecule has 1 atom stereocenters. The van der Waals surface area contributed by atoms with Crippen LogP contribution in [-0.2, 0) is 16.1 Å². The zero-order valence-corrected chi connectivity index (χ0v) is 17.4. The van der Waals surface area contributed by atoms with Gasteiger partial charge in [-0.25, -0.2) is 0 Å². The summed E-state index contributed by atoms with van der Waals surface area (Å²) in [6.07, 6.45) is 0. The number of carbonyl (C=O) groups is 2. The fourth-order valence-corrected chi connectivity index (χ4v) is 2.81. The summed E-state index contributed by atoms with van der Waals surface area (Å²) in [7, 11) is 0. The first kappa shape index (κ1) is 21.5. The van der Waals surface area contributed by atoms with E-state index in [1.54, 1.807) is 11.8 Å². The highest BCUT2D eigenvalue weighted by molar-refractivity contribution is 5.88. The van der Waals surface area contributed by atoms with Crippen LogP contribution in [0.1, 0.15) is 37.5 Å². The highest BCUT2D eigenvalue weighted by Crippen LogP contribution is 2.15. The predicted molar refractivity (Wildman–Crippen MR) is 111 cm³/mol. The number of nitrogens with zero attached hydrogens (tertiary/aromatic N) is 1. The van der Waals surface area contributed by atoms with E-state index in [4.69, 9.17) is 4.74 Å². The van der Waals surface area contributed by atoms with Crippen molar-refractivity contribution >= 4 is 11.8 Å². The monoisotopic (exact) mass is 382 g/mol. The number of hydrogen-bond acceptors (Lipinski definition) is 3. The minimum absolute atomic E-state index is 0.00909. The van der Waals surface area contributed by atoms with Gasteiger partial charge >= 0.3 is 0 Å². The molecule has 0 aliphatic carbocycles. The fraction of sp³-hybridized carbons (Fsp3) is 0.391. The first-order valence-corrected chi connectivity index (χ1v) is 9.61. The number of aryl methyl sites for hydroxylation is 2. The Morgan fingerprint density at radius 3 is 2.29 bits per heavy atom. The van der Waals surface area contributed by atoms with Crippen LogP contribution in [-0.4, -0.2) is 35.4 Å². The fourth-order valence-electron chi connectivity index (χ4n) is 2.81. The van der Waals surface area contributed by atoms with Crippen molar-refractivity contribution < 1.29 is 14.3 Å². The van der Waals surface area contributed by atoms with E-state index in [1.165, 1.54) is 0 Å². The summed E-state index contributed by atoms with van der Waals surface area (Å²) < 4.78 is 5.67. The lowest BCUT2D eigenvalue weighted by atomic mass is 10.1. The van der Waals surface area contributed by atoms with Crippen molar-refractivity contribution in [3.8, 4) is 5.75 Å². The van der Waals surface area contributed by atoms with Crippen molar-refractivity contribution in [3.63, 3.8) is 0 Å². The van der Waals surface area contributed by atoms with E-state index < -0.39 is 6.04 Å². The number of hydrogen-bond donors (Lipinski definition) is 1. The molecular formula is C23H30N2O3. The smallest absolute Gasteiger partial charge is 0.261 e. The van der Waals surface area contributed by atoms with Gasteiger partial charge in [0.1, 0.15) is 11.8 Å². The third-order valence-corrected chi connectivity index (χ3v) is 4.42. The third kappa shape index (κ3) is 6.41. The third-order valence-electron chi connectivity index (χ3n) is 4.42. The van der Waals surface area contributed by atoms with E-state index in [1.807, 2.05) is 76.2 Å². The van der Waals surface area contributed by atoms with Crippen LogP contribution in [0.5, 0.6) is 5.75 Å². The average molecular weight is 383 g/mol. The number of amides is 2. The molecule has 2 aromatic carbocycles. The van der Waals surface area contributed by atoms with Gasteiger partial charge in [-0.05, 0) is 57.9 Å². The van der Waals surface area contributed by atoms with Crippen LogP contribution in [0.2, 0.25) is 0 Å². The molecule has 5 heteroatoms. The van der Waals surface area contributed by atoms with E-state index in [-0.39, 0.29) is 24.5 Å². The Labute approximate surface area is 167 Å². The molecule has 2 amide bonds. The van der Waals surface area contributed by atoms with Crippen molar-refractivity contribution in [2.45, 2.75) is 53.2 Å². The van der Waals surface area contributed by atoms with Gasteiger partial charge in [-0.15, -0.1) is 0 Å². The zero-order valence-electron chi connectivity index (χ0n) is 17.4. The van der Waals surface area contributed by atoms with Gasteiger partial charge in [0.2, 0.25) is 5.91 Å². The maximum atomic E-state index is 12.9. The molecule has 0 radical (unpaired) electrons. The molecule has 2 aromatic rings. The van der Waals surface area contributed by atoms with Gasteiger partial charge in [0.05, 0.1) is 0 Å². The van der Waals surface area contributed by atoms with Crippen LogP contribution in [0, 0.1) is 13.8 Å². The Balaban J connectivity index is 2.14. The molecule has 0 saturated heterocycles. The molecule has 28 heavy (non-hydrogen) atoms. The molecule has 0 fully saturated rings. The maximum Gasteiger partial charge on any atom is 0.261 e. The highest BCUT2D eigenvalue weighted by atomic mass is 16.5. The summed E-state index contributed by atoms with van der Waals surface area (Å²) in [6, 6.07) is 14.9. The number of ether oxygens (including phenoxy) is 1. The molecular weight excluding hydrogens is 352 g/mol. The van der Waals surface area contributed by atoms with Gasteiger partial charge in [0, 0.05) is 12.6 Å². The van der Waals surface area contributed by atoms with E-state index in [9.17, 15) is 9.59 Å². The summed E-state index contributed by atoms with van der Waals surface area (Å²) in [4.78, 5) is 27.0. The Bertz CT molecular complexity index is 800. The maximum absolute atomic E-state index is 12.9. The molecule has 0 spiro atoms. The summed E-state index contributed by atoms with van der Waals surface area (Å²) in [5.74, 6) is 0.238. The van der Waals surface area contributed by atoms with Crippen molar-refractivity contribution in [2.75, 3.05) is 6.61 Å². The minimum atomic E-state index is -0.600. The van der Waals surface area contributed by atoms with Crippen molar-refractivity contribution in [2.24, 2.45) is 0 Å². The van der Waals surface area contributed by atoms with E-state index in [0.29, 0.717) is 12.3 Å². The lowest BCUT2D eigenvalue weighted by Gasteiger charge is -2.29. The van der Waals surface area contributed by atoms with Gasteiger partial charge < -0.3 is 15.0 Å². The summed E-state index contributed by atoms with van der Waals surface area (Å²) >= 11 is 0. The van der Waals surface area contributed by atoms with Gasteiger partial charge in [0.25, 0.3) is 5.91 Å². The summed E-state index contributed by atoms with van der Waals surface area (Å²) in [5.41, 5.74) is 3.18. The summed E-state index contributed by atoms with van der Waals surface area (Å²) in [5, 5.41) is 2.88. The second kappa shape index (κ2) is 9.93. The van der Waals surface area contributed by atoms with Gasteiger partial charge in [0.15, 0.2) is 6.61 Å². The molecule has 0 aliphatic rings. The van der Waals surface area contributed by atoms with E-state index in [2.05, 4.69) is 5.32 Å². The molecule has 2 rings (SSSR count). The Morgan fingerprint density at radius 1 is 1.00 bits per heavy atom. The second-order valence-electron chi connectivity index (χ2n) is 7.45. The highest BCUT2D eigenvalue weighted by Gasteiger charge is 2.26. The standard InChI is InChI=1S/C23H30N2O3/c1-16(2)24-23(27)19(5)25(14-20-11-9-17(3)10-12-20)22(26)15-28-21-8-6-7-18(4)13-21/h6-13,16,19H,14-15H2,1-5H3,(H,24,27)/t19-/m0/s1. The van der Waals surface area contributed by atoms with Crippen LogP contribution < -0.4 is 10.1 Å². The number of benzene rings is 2. The van der Waals surface area contributed by atoms with Crippen molar-refractivity contribution in [1.29, 1.82) is 0 Å². The molecule has 0 unspecified atom stereocenters. The minimum Gasteiger partial charge on any atom is -0.484 e. The first-order chi connectivity index (χ1) is 13.3. The first-order valence-electron chi connectivity index (χ1n) is 9.61. The van der Waals surface area contributed by atoms with E-state index in [0.717, 1.165) is 16.7 Å². The SMILES string of the molecule is Cc1ccc(CN(C(=O)COc2cccc(C)c2)[C@@H](C)C(=O)NC(C)C)cc1. The second-order valence-corrected chi connectivity index (χ2v) is 7.45. The molecule has 150 valence electrons. The lowest BCUT2D eigenvalue weighted by Crippen LogP contribution is -2.50. The topological polar surface area (TPSA) is 58.6 Å². The Kier molecular flexibility index (Phi) is 7.61. The molecule has 1 N–H and O–H groups in total. The zero-order chi connectivity index (χ0) is 20.7. The largest absolute Gasteiger partial charge is 0.484 e. The molecule has 5 nitrogen and oxygen atoms in total. The lowest BCUT2D eigenvalue weighted by molar-refractivity contribution is -0.142. The molecule has 0 bridgehead atoms. The normalized spacial score (nSPS) is 11.8. The Morgan fingerprint density at radius 2 is 1.68 bits per heavy atom. The van der Waals surface area contributed by atoms with Gasteiger partial charge in [-0.2, -0.15) is 0 Å². The molecule has 0 aliphatic heterocycles. The molecule has 0 aromatic heterocycles. The van der Waals surface area contributed by atoms with Crippen LogP contribution >= 0.6 is 0 Å². The van der Waals surface area contributed by atoms with Gasteiger partial charge in [-0.3, -0.25) is 9.59 Å². The molecule has 0 heterocycles. The quantitative estimate of drug-likeness (QED) is 0.759. The van der Waals surface area contributed by atoms with Crippen LogP contribution in [0.15, 0.2) is 48.5 Å². The van der Waals surface area contributed by atoms with Crippen LogP contribution in [0.3, 0.4) is 0 Å². The Hall–Kier alpha value is -2.82. The number of rotatable bonds is 8. The summed E-state index contributed by atoms with van der Waals surface area (Å²) in [6.45, 7) is 9.76. The predicted octanol–water partition coefficient (Wildman–Crippen LogP) is 3.62. The number of carbonyl (C=O) groups excluding carboxylic acids is 2. The van der Waals surface area contributed by atoms with Gasteiger partial charge in [-0.1, -0.05) is 42.0 Å².